The number of hydrogen-bond acceptors (Lipinski definition) is 7. The van der Waals surface area contributed by atoms with Crippen LogP contribution in [-0.4, -0.2) is 113 Å². The minimum absolute atomic E-state index is 0.0319. The van der Waals surface area contributed by atoms with Crippen LogP contribution in [0.5, 0.6) is 0 Å². The minimum atomic E-state index is -0.826. The van der Waals surface area contributed by atoms with E-state index in [0.29, 0.717) is 52.1 Å². The standard InChI is InChI=1S/C20H34N4O6/c1-14-17(22-11-9-21(10-12-22)13-16(25)26)29-19(28)24(14)15-5-7-23(8-6-15)18(27)30-20(2,3)4/h14-15,17H,5-13H2,1-4H3,(H,25,26). The molecule has 3 saturated heterocycles. The first-order valence-corrected chi connectivity index (χ1v) is 10.7. The highest BCUT2D eigenvalue weighted by Gasteiger charge is 2.46. The predicted molar refractivity (Wildman–Crippen MR) is 108 cm³/mol. The van der Waals surface area contributed by atoms with Crippen LogP contribution in [-0.2, 0) is 14.3 Å². The molecule has 3 aliphatic rings. The maximum Gasteiger partial charge on any atom is 0.412 e. The van der Waals surface area contributed by atoms with Gasteiger partial charge in [0.1, 0.15) is 5.60 Å². The average Bonchev–Trinajstić information content (AvgIpc) is 2.95. The summed E-state index contributed by atoms with van der Waals surface area (Å²) in [6.45, 7) is 11.3. The van der Waals surface area contributed by atoms with Crippen LogP contribution in [0.1, 0.15) is 40.5 Å². The number of ether oxygens (including phenoxy) is 2. The van der Waals surface area contributed by atoms with Gasteiger partial charge in [-0.15, -0.1) is 0 Å². The molecule has 0 saturated carbocycles. The van der Waals surface area contributed by atoms with E-state index in [9.17, 15) is 14.4 Å². The van der Waals surface area contributed by atoms with Gasteiger partial charge in [0.15, 0.2) is 6.23 Å². The summed E-state index contributed by atoms with van der Waals surface area (Å²) in [6, 6.07) is -0.0638. The quantitative estimate of drug-likeness (QED) is 0.717. The van der Waals surface area contributed by atoms with Crippen LogP contribution in [0.15, 0.2) is 0 Å². The number of likely N-dealkylation sites (tertiary alicyclic amines) is 1. The Morgan fingerprint density at radius 3 is 2.23 bits per heavy atom. The molecule has 10 nitrogen and oxygen atoms in total. The van der Waals surface area contributed by atoms with Gasteiger partial charge in [0.25, 0.3) is 0 Å². The van der Waals surface area contributed by atoms with Crippen LogP contribution in [0.4, 0.5) is 9.59 Å². The molecule has 170 valence electrons. The molecule has 2 atom stereocenters. The summed E-state index contributed by atoms with van der Waals surface area (Å²) >= 11 is 0. The van der Waals surface area contributed by atoms with Crippen molar-refractivity contribution in [3.63, 3.8) is 0 Å². The van der Waals surface area contributed by atoms with Crippen molar-refractivity contribution in [1.29, 1.82) is 0 Å². The molecule has 2 amide bonds. The van der Waals surface area contributed by atoms with Gasteiger partial charge in [0.05, 0.1) is 12.6 Å². The molecule has 2 unspecified atom stereocenters. The molecule has 0 aromatic rings. The highest BCUT2D eigenvalue weighted by molar-refractivity contribution is 5.71. The Balaban J connectivity index is 1.52. The molecule has 0 spiro atoms. The van der Waals surface area contributed by atoms with E-state index in [1.165, 1.54) is 0 Å². The molecule has 3 fully saturated rings. The van der Waals surface area contributed by atoms with Crippen LogP contribution >= 0.6 is 0 Å². The van der Waals surface area contributed by atoms with Crippen molar-refractivity contribution in [2.75, 3.05) is 45.8 Å². The van der Waals surface area contributed by atoms with E-state index < -0.39 is 11.6 Å². The molecule has 0 aromatic heterocycles. The molecule has 30 heavy (non-hydrogen) atoms. The van der Waals surface area contributed by atoms with E-state index in [0.717, 1.165) is 0 Å². The number of hydrogen-bond donors (Lipinski definition) is 1. The Kier molecular flexibility index (Phi) is 6.76. The molecule has 0 aromatic carbocycles. The normalized spacial score (nSPS) is 27.3. The number of nitrogens with zero attached hydrogens (tertiary/aromatic N) is 4. The Hall–Kier alpha value is -2.07. The smallest absolute Gasteiger partial charge is 0.412 e. The summed E-state index contributed by atoms with van der Waals surface area (Å²) in [5.74, 6) is -0.826. The van der Waals surface area contributed by atoms with Gasteiger partial charge in [-0.1, -0.05) is 0 Å². The monoisotopic (exact) mass is 426 g/mol. The third kappa shape index (κ3) is 5.34. The van der Waals surface area contributed by atoms with E-state index >= 15 is 0 Å². The molecule has 3 heterocycles. The van der Waals surface area contributed by atoms with Crippen molar-refractivity contribution in [2.24, 2.45) is 0 Å². The zero-order valence-corrected chi connectivity index (χ0v) is 18.4. The zero-order chi connectivity index (χ0) is 22.1. The fourth-order valence-corrected chi connectivity index (χ4v) is 4.45. The van der Waals surface area contributed by atoms with Gasteiger partial charge in [0.2, 0.25) is 0 Å². The van der Waals surface area contributed by atoms with Gasteiger partial charge in [-0.3, -0.25) is 19.5 Å². The Labute approximate surface area is 177 Å². The van der Waals surface area contributed by atoms with Gasteiger partial charge in [-0.2, -0.15) is 0 Å². The fourth-order valence-electron chi connectivity index (χ4n) is 4.45. The number of piperidine rings is 1. The van der Waals surface area contributed by atoms with Gasteiger partial charge in [-0.25, -0.2) is 9.59 Å². The van der Waals surface area contributed by atoms with E-state index in [2.05, 4.69) is 4.90 Å². The first-order valence-electron chi connectivity index (χ1n) is 10.7. The van der Waals surface area contributed by atoms with Crippen LogP contribution in [0.25, 0.3) is 0 Å². The number of carboxylic acids is 1. The van der Waals surface area contributed by atoms with Crippen LogP contribution < -0.4 is 0 Å². The molecule has 3 rings (SSSR count). The largest absolute Gasteiger partial charge is 0.480 e. The number of amides is 2. The number of carbonyl (C=O) groups is 3. The van der Waals surface area contributed by atoms with E-state index in [-0.39, 0.29) is 37.0 Å². The Morgan fingerprint density at radius 2 is 1.70 bits per heavy atom. The number of carbonyl (C=O) groups excluding carboxylic acids is 2. The molecule has 0 bridgehead atoms. The van der Waals surface area contributed by atoms with Crippen LogP contribution in [0, 0.1) is 0 Å². The summed E-state index contributed by atoms with van der Waals surface area (Å²) in [4.78, 5) is 43.3. The van der Waals surface area contributed by atoms with E-state index in [1.54, 1.807) is 4.90 Å². The average molecular weight is 427 g/mol. The molecule has 0 aliphatic carbocycles. The van der Waals surface area contributed by atoms with E-state index in [4.69, 9.17) is 14.6 Å². The number of rotatable bonds is 4. The van der Waals surface area contributed by atoms with Crippen molar-refractivity contribution < 1.29 is 29.0 Å². The Morgan fingerprint density at radius 1 is 1.10 bits per heavy atom. The Bertz CT molecular complexity index is 650. The second kappa shape index (κ2) is 8.97. The molecular weight excluding hydrogens is 392 g/mol. The zero-order valence-electron chi connectivity index (χ0n) is 18.4. The first kappa shape index (κ1) is 22.6. The minimum Gasteiger partial charge on any atom is -0.480 e. The SMILES string of the molecule is CC1C(N2CCN(CC(=O)O)CC2)OC(=O)N1C1CCN(C(=O)OC(C)(C)C)CC1. The lowest BCUT2D eigenvalue weighted by Crippen LogP contribution is -2.55. The van der Waals surface area contributed by atoms with Gasteiger partial charge >= 0.3 is 18.2 Å². The number of carboxylic acid groups (broad SMARTS) is 1. The van der Waals surface area contributed by atoms with Gasteiger partial charge < -0.3 is 19.5 Å². The number of aliphatic carboxylic acids is 1. The topological polar surface area (TPSA) is 103 Å². The van der Waals surface area contributed by atoms with Crippen molar-refractivity contribution >= 4 is 18.2 Å². The molecule has 10 heteroatoms. The highest BCUT2D eigenvalue weighted by atomic mass is 16.6. The molecule has 0 radical (unpaired) electrons. The maximum absolute atomic E-state index is 12.6. The fraction of sp³-hybridized carbons (Fsp3) is 0.850. The van der Waals surface area contributed by atoms with Crippen molar-refractivity contribution in [2.45, 2.75) is 64.4 Å². The second-order valence-electron chi connectivity index (χ2n) is 9.33. The lowest BCUT2D eigenvalue weighted by molar-refractivity contribution is -0.139. The predicted octanol–water partition coefficient (Wildman–Crippen LogP) is 1.25. The maximum atomic E-state index is 12.6. The summed E-state index contributed by atoms with van der Waals surface area (Å²) in [5, 5.41) is 8.94. The summed E-state index contributed by atoms with van der Waals surface area (Å²) in [7, 11) is 0. The lowest BCUT2D eigenvalue weighted by atomic mass is 10.0. The summed E-state index contributed by atoms with van der Waals surface area (Å²) in [6.07, 6.45) is 0.440. The van der Waals surface area contributed by atoms with Crippen molar-refractivity contribution in [3.05, 3.63) is 0 Å². The number of cyclic esters (lactones) is 1. The first-order chi connectivity index (χ1) is 14.0. The van der Waals surface area contributed by atoms with Gasteiger partial charge in [0, 0.05) is 45.3 Å². The van der Waals surface area contributed by atoms with E-state index in [1.807, 2.05) is 37.5 Å². The molecule has 3 aliphatic heterocycles. The number of piperazine rings is 1. The highest BCUT2D eigenvalue weighted by Crippen LogP contribution is 2.30. The van der Waals surface area contributed by atoms with Crippen LogP contribution in [0.2, 0.25) is 0 Å². The third-order valence-electron chi connectivity index (χ3n) is 5.92. The van der Waals surface area contributed by atoms with Crippen LogP contribution in [0.3, 0.4) is 0 Å². The van der Waals surface area contributed by atoms with Gasteiger partial charge in [-0.05, 0) is 40.5 Å². The molecule has 1 N–H and O–H groups in total. The summed E-state index contributed by atoms with van der Waals surface area (Å²) in [5.41, 5.74) is -0.525. The molecular formula is C20H34N4O6. The van der Waals surface area contributed by atoms with Crippen molar-refractivity contribution in [1.82, 2.24) is 19.6 Å². The summed E-state index contributed by atoms with van der Waals surface area (Å²) < 4.78 is 11.2. The third-order valence-corrected chi connectivity index (χ3v) is 5.92. The van der Waals surface area contributed by atoms with Crippen molar-refractivity contribution in [3.8, 4) is 0 Å². The second-order valence-corrected chi connectivity index (χ2v) is 9.33. The lowest BCUT2D eigenvalue weighted by Gasteiger charge is -2.40.